The minimum Gasteiger partial charge on any atom is -0.334 e. The second-order valence-corrected chi connectivity index (χ2v) is 4.96. The van der Waals surface area contributed by atoms with Gasteiger partial charge in [-0.1, -0.05) is 12.8 Å². The fourth-order valence-corrected chi connectivity index (χ4v) is 2.34. The van der Waals surface area contributed by atoms with Crippen molar-refractivity contribution < 1.29 is 9.72 Å². The molecule has 0 aromatic heterocycles. The number of halogens is 1. The molecule has 1 saturated carbocycles. The summed E-state index contributed by atoms with van der Waals surface area (Å²) in [4.78, 5) is 21.9. The van der Waals surface area contributed by atoms with E-state index in [4.69, 9.17) is 5.73 Å². The molecule has 1 aliphatic carbocycles. The van der Waals surface area contributed by atoms with Gasteiger partial charge in [0.1, 0.15) is 0 Å². The van der Waals surface area contributed by atoms with Gasteiger partial charge in [-0.2, -0.15) is 0 Å². The first-order chi connectivity index (χ1) is 9.56. The molecule has 0 saturated heterocycles. The zero-order valence-electron chi connectivity index (χ0n) is 11.5. The van der Waals surface area contributed by atoms with Crippen LogP contribution in [0.5, 0.6) is 0 Å². The highest BCUT2D eigenvalue weighted by atomic mass is 35.5. The Morgan fingerprint density at radius 1 is 1.24 bits per heavy atom. The molecule has 116 valence electrons. The van der Waals surface area contributed by atoms with Gasteiger partial charge in [0.25, 0.3) is 5.69 Å². The maximum Gasteiger partial charge on any atom is 0.319 e. The SMILES string of the molecule is Cl.N[C@@H]1CCCC[C@H]1NC(=O)Nc1ccc([N+](=O)[O-])cc1. The summed E-state index contributed by atoms with van der Waals surface area (Å²) in [5.41, 5.74) is 6.46. The molecule has 4 N–H and O–H groups in total. The van der Waals surface area contributed by atoms with E-state index in [0.717, 1.165) is 25.7 Å². The monoisotopic (exact) mass is 314 g/mol. The summed E-state index contributed by atoms with van der Waals surface area (Å²) in [6.45, 7) is 0. The fraction of sp³-hybridized carbons (Fsp3) is 0.462. The first-order valence-electron chi connectivity index (χ1n) is 6.64. The Morgan fingerprint density at radius 3 is 2.43 bits per heavy atom. The van der Waals surface area contributed by atoms with E-state index in [1.54, 1.807) is 0 Å². The second kappa shape index (κ2) is 7.80. The van der Waals surface area contributed by atoms with Crippen LogP contribution in [0.1, 0.15) is 25.7 Å². The molecular weight excluding hydrogens is 296 g/mol. The lowest BCUT2D eigenvalue weighted by Gasteiger charge is -2.29. The third-order valence-electron chi connectivity index (χ3n) is 3.47. The van der Waals surface area contributed by atoms with E-state index in [2.05, 4.69) is 10.6 Å². The summed E-state index contributed by atoms with van der Waals surface area (Å²) in [7, 11) is 0. The van der Waals surface area contributed by atoms with Crippen molar-refractivity contribution in [2.24, 2.45) is 5.73 Å². The van der Waals surface area contributed by atoms with Crippen LogP contribution in [-0.4, -0.2) is 23.0 Å². The van der Waals surface area contributed by atoms with E-state index in [0.29, 0.717) is 5.69 Å². The van der Waals surface area contributed by atoms with E-state index in [1.807, 2.05) is 0 Å². The van der Waals surface area contributed by atoms with Gasteiger partial charge in [0, 0.05) is 29.9 Å². The van der Waals surface area contributed by atoms with E-state index in [9.17, 15) is 14.9 Å². The van der Waals surface area contributed by atoms with Crippen molar-refractivity contribution in [2.75, 3.05) is 5.32 Å². The van der Waals surface area contributed by atoms with Gasteiger partial charge in [0.05, 0.1) is 4.92 Å². The van der Waals surface area contributed by atoms with Crippen LogP contribution in [0.25, 0.3) is 0 Å². The molecule has 1 fully saturated rings. The molecule has 1 aliphatic rings. The average Bonchev–Trinajstić information content (AvgIpc) is 2.42. The molecule has 0 aliphatic heterocycles. The summed E-state index contributed by atoms with van der Waals surface area (Å²) >= 11 is 0. The van der Waals surface area contributed by atoms with Gasteiger partial charge < -0.3 is 16.4 Å². The largest absolute Gasteiger partial charge is 0.334 e. The number of anilines is 1. The van der Waals surface area contributed by atoms with Crippen LogP contribution >= 0.6 is 12.4 Å². The highest BCUT2D eigenvalue weighted by Crippen LogP contribution is 2.18. The molecule has 0 bridgehead atoms. The van der Waals surface area contributed by atoms with Gasteiger partial charge in [0.2, 0.25) is 0 Å². The molecule has 21 heavy (non-hydrogen) atoms. The standard InChI is InChI=1S/C13H18N4O3.ClH/c14-11-3-1-2-4-12(11)16-13(18)15-9-5-7-10(8-6-9)17(19)20;/h5-8,11-12H,1-4,14H2,(H2,15,16,18);1H/t11-,12-;/m1./s1. The van der Waals surface area contributed by atoms with Gasteiger partial charge in [-0.15, -0.1) is 12.4 Å². The molecule has 8 heteroatoms. The van der Waals surface area contributed by atoms with Gasteiger partial charge >= 0.3 is 6.03 Å². The number of amides is 2. The van der Waals surface area contributed by atoms with Gasteiger partial charge in [-0.05, 0) is 25.0 Å². The lowest BCUT2D eigenvalue weighted by atomic mass is 9.91. The van der Waals surface area contributed by atoms with Gasteiger partial charge in [-0.3, -0.25) is 10.1 Å². The smallest absolute Gasteiger partial charge is 0.319 e. The molecule has 0 spiro atoms. The fourth-order valence-electron chi connectivity index (χ4n) is 2.34. The molecule has 0 radical (unpaired) electrons. The number of benzene rings is 1. The molecule has 0 heterocycles. The normalized spacial score (nSPS) is 21.0. The number of nitro groups is 1. The first kappa shape index (κ1) is 17.2. The van der Waals surface area contributed by atoms with Crippen molar-refractivity contribution in [3.05, 3.63) is 34.4 Å². The number of nitrogens with two attached hydrogens (primary N) is 1. The minimum atomic E-state index is -0.481. The molecule has 7 nitrogen and oxygen atoms in total. The predicted molar refractivity (Wildman–Crippen MR) is 82.7 cm³/mol. The van der Waals surface area contributed by atoms with Crippen LogP contribution in [0, 0.1) is 10.1 Å². The molecule has 0 unspecified atom stereocenters. The Hall–Kier alpha value is -1.86. The van der Waals surface area contributed by atoms with Gasteiger partial charge in [-0.25, -0.2) is 4.79 Å². The number of nitrogens with one attached hydrogen (secondary N) is 2. The average molecular weight is 315 g/mol. The third kappa shape index (κ3) is 4.87. The summed E-state index contributed by atoms with van der Waals surface area (Å²) in [5, 5.41) is 16.0. The van der Waals surface area contributed by atoms with E-state index in [1.165, 1.54) is 24.3 Å². The zero-order chi connectivity index (χ0) is 14.5. The first-order valence-corrected chi connectivity index (χ1v) is 6.64. The van der Waals surface area contributed by atoms with Crippen molar-refractivity contribution in [3.8, 4) is 0 Å². The van der Waals surface area contributed by atoms with Crippen molar-refractivity contribution in [3.63, 3.8) is 0 Å². The maximum absolute atomic E-state index is 11.8. The van der Waals surface area contributed by atoms with Gasteiger partial charge in [0.15, 0.2) is 0 Å². The lowest BCUT2D eigenvalue weighted by Crippen LogP contribution is -2.50. The Labute approximate surface area is 128 Å². The maximum atomic E-state index is 11.8. The van der Waals surface area contributed by atoms with E-state index >= 15 is 0 Å². The van der Waals surface area contributed by atoms with Crippen molar-refractivity contribution in [1.82, 2.24) is 5.32 Å². The lowest BCUT2D eigenvalue weighted by molar-refractivity contribution is -0.384. The second-order valence-electron chi connectivity index (χ2n) is 4.96. The van der Waals surface area contributed by atoms with Crippen LogP contribution in [0.15, 0.2) is 24.3 Å². The number of urea groups is 1. The quantitative estimate of drug-likeness (QED) is 0.587. The number of hydrogen-bond acceptors (Lipinski definition) is 4. The molecule has 2 amide bonds. The van der Waals surface area contributed by atoms with E-state index in [-0.39, 0.29) is 36.2 Å². The van der Waals surface area contributed by atoms with Crippen LogP contribution in [0.2, 0.25) is 0 Å². The summed E-state index contributed by atoms with van der Waals surface area (Å²) < 4.78 is 0. The number of nitro benzene ring substituents is 1. The Balaban J connectivity index is 0.00000220. The molecule has 2 rings (SSSR count). The summed E-state index contributed by atoms with van der Waals surface area (Å²) in [6.07, 6.45) is 3.97. The molecule has 1 aromatic carbocycles. The van der Waals surface area contributed by atoms with Crippen molar-refractivity contribution >= 4 is 29.8 Å². The third-order valence-corrected chi connectivity index (χ3v) is 3.47. The Kier molecular flexibility index (Phi) is 6.39. The minimum absolute atomic E-state index is 0. The van der Waals surface area contributed by atoms with Crippen LogP contribution in [0.3, 0.4) is 0 Å². The van der Waals surface area contributed by atoms with Crippen molar-refractivity contribution in [2.45, 2.75) is 37.8 Å². The number of rotatable bonds is 3. The zero-order valence-corrected chi connectivity index (χ0v) is 12.3. The summed E-state index contributed by atoms with van der Waals surface area (Å²) in [6, 6.07) is 5.34. The van der Waals surface area contributed by atoms with Crippen LogP contribution in [0.4, 0.5) is 16.2 Å². The topological polar surface area (TPSA) is 110 Å². The number of carbonyl (C=O) groups is 1. The summed E-state index contributed by atoms with van der Waals surface area (Å²) in [5.74, 6) is 0. The predicted octanol–water partition coefficient (Wildman–Crippen LogP) is 2.41. The molecular formula is C13H19ClN4O3. The number of non-ortho nitro benzene ring substituents is 1. The van der Waals surface area contributed by atoms with E-state index < -0.39 is 4.92 Å². The van der Waals surface area contributed by atoms with Crippen LogP contribution in [-0.2, 0) is 0 Å². The number of carbonyl (C=O) groups excluding carboxylic acids is 1. The number of nitrogens with zero attached hydrogens (tertiary/aromatic N) is 1. The van der Waals surface area contributed by atoms with Crippen LogP contribution < -0.4 is 16.4 Å². The Morgan fingerprint density at radius 2 is 1.86 bits per heavy atom. The highest BCUT2D eigenvalue weighted by molar-refractivity contribution is 5.89. The number of hydrogen-bond donors (Lipinski definition) is 3. The van der Waals surface area contributed by atoms with Crippen molar-refractivity contribution in [1.29, 1.82) is 0 Å². The Bertz CT molecular complexity index is 495. The molecule has 2 atom stereocenters. The highest BCUT2D eigenvalue weighted by Gasteiger charge is 2.23. The molecule has 1 aromatic rings.